The third kappa shape index (κ3) is 2.93. The first-order valence-electron chi connectivity index (χ1n) is 3.61. The Labute approximate surface area is 78.2 Å². The average Bonchev–Trinajstić information content (AvgIpc) is 2.03. The van der Waals surface area contributed by atoms with E-state index in [-0.39, 0.29) is 12.4 Å². The quantitative estimate of drug-likeness (QED) is 0.577. The molecular formula is C9H12ClNO. The van der Waals surface area contributed by atoms with Crippen LogP contribution in [0, 0.1) is 0 Å². The lowest BCUT2D eigenvalue weighted by Crippen LogP contribution is -1.93. The van der Waals surface area contributed by atoms with Gasteiger partial charge in [-0.3, -0.25) is 0 Å². The Bertz CT molecular complexity index is 250. The molecule has 0 atom stereocenters. The van der Waals surface area contributed by atoms with E-state index < -0.39 is 0 Å². The molecule has 12 heavy (non-hydrogen) atoms. The summed E-state index contributed by atoms with van der Waals surface area (Å²) in [5, 5.41) is 0. The van der Waals surface area contributed by atoms with Gasteiger partial charge in [-0.15, -0.1) is 12.4 Å². The average molecular weight is 186 g/mol. The van der Waals surface area contributed by atoms with Gasteiger partial charge < -0.3 is 10.5 Å². The highest BCUT2D eigenvalue weighted by Gasteiger charge is 1.95. The molecule has 0 aliphatic carbocycles. The van der Waals surface area contributed by atoms with E-state index in [0.29, 0.717) is 6.42 Å². The van der Waals surface area contributed by atoms with Crippen LogP contribution in [0.2, 0.25) is 0 Å². The molecule has 0 spiro atoms. The van der Waals surface area contributed by atoms with Crippen molar-refractivity contribution in [3.8, 4) is 0 Å². The van der Waals surface area contributed by atoms with Gasteiger partial charge in [0.2, 0.25) is 0 Å². The molecule has 0 aromatic heterocycles. The number of aryl methyl sites for hydroxylation is 1. The molecule has 0 saturated heterocycles. The van der Waals surface area contributed by atoms with Gasteiger partial charge in [-0.2, -0.15) is 0 Å². The van der Waals surface area contributed by atoms with Crippen LogP contribution >= 0.6 is 12.4 Å². The number of carbonyl (C=O) groups is 1. The molecule has 0 heterocycles. The Balaban J connectivity index is 0.00000121. The normalized spacial score (nSPS) is 8.67. The fraction of sp³-hybridized carbons (Fsp3) is 0.222. The number of hydrogen-bond donors (Lipinski definition) is 1. The molecule has 66 valence electrons. The van der Waals surface area contributed by atoms with Crippen LogP contribution in [0.4, 0.5) is 5.69 Å². The third-order valence-electron chi connectivity index (χ3n) is 1.59. The van der Waals surface area contributed by atoms with Gasteiger partial charge in [-0.05, 0) is 18.1 Å². The van der Waals surface area contributed by atoms with Gasteiger partial charge in [-0.25, -0.2) is 0 Å². The fourth-order valence-corrected chi connectivity index (χ4v) is 0.976. The highest BCUT2D eigenvalue weighted by Crippen LogP contribution is 2.11. The summed E-state index contributed by atoms with van der Waals surface area (Å²) in [4.78, 5) is 10.0. The Morgan fingerprint density at radius 2 is 2.00 bits per heavy atom. The van der Waals surface area contributed by atoms with E-state index in [1.165, 1.54) is 0 Å². The number of rotatable bonds is 3. The van der Waals surface area contributed by atoms with Crippen LogP contribution in [0.15, 0.2) is 24.3 Å². The predicted molar refractivity (Wildman–Crippen MR) is 52.5 cm³/mol. The van der Waals surface area contributed by atoms with Crippen LogP contribution in [0.3, 0.4) is 0 Å². The summed E-state index contributed by atoms with van der Waals surface area (Å²) in [5.74, 6) is 0. The van der Waals surface area contributed by atoms with Gasteiger partial charge >= 0.3 is 0 Å². The van der Waals surface area contributed by atoms with Crippen molar-refractivity contribution in [3.05, 3.63) is 29.8 Å². The monoisotopic (exact) mass is 185 g/mol. The zero-order valence-corrected chi connectivity index (χ0v) is 7.51. The van der Waals surface area contributed by atoms with Crippen LogP contribution in [0.25, 0.3) is 0 Å². The van der Waals surface area contributed by atoms with Crippen LogP contribution in [-0.2, 0) is 11.2 Å². The first kappa shape index (κ1) is 11.0. The Kier molecular flexibility index (Phi) is 5.13. The van der Waals surface area contributed by atoms with E-state index in [1.807, 2.05) is 24.3 Å². The molecule has 0 unspecified atom stereocenters. The van der Waals surface area contributed by atoms with E-state index in [1.54, 1.807) is 0 Å². The number of halogens is 1. The summed E-state index contributed by atoms with van der Waals surface area (Å²) in [6, 6.07) is 7.61. The second kappa shape index (κ2) is 5.61. The van der Waals surface area contributed by atoms with E-state index >= 15 is 0 Å². The maximum atomic E-state index is 10.0. The highest BCUT2D eigenvalue weighted by molar-refractivity contribution is 5.85. The number of aldehydes is 1. The molecule has 1 rings (SSSR count). The van der Waals surface area contributed by atoms with Gasteiger partial charge in [0.15, 0.2) is 0 Å². The van der Waals surface area contributed by atoms with Crippen LogP contribution < -0.4 is 5.73 Å². The van der Waals surface area contributed by atoms with E-state index in [2.05, 4.69) is 0 Å². The molecule has 0 saturated carbocycles. The molecule has 0 bridgehead atoms. The van der Waals surface area contributed by atoms with E-state index in [4.69, 9.17) is 5.73 Å². The number of para-hydroxylation sites is 1. The maximum absolute atomic E-state index is 10.0. The van der Waals surface area contributed by atoms with E-state index in [0.717, 1.165) is 24.0 Å². The van der Waals surface area contributed by atoms with Crippen molar-refractivity contribution >= 4 is 24.4 Å². The molecule has 0 aliphatic rings. The number of hydrogen-bond acceptors (Lipinski definition) is 2. The molecule has 3 heteroatoms. The lowest BCUT2D eigenvalue weighted by Gasteiger charge is -2.00. The molecule has 0 fully saturated rings. The molecular weight excluding hydrogens is 174 g/mol. The summed E-state index contributed by atoms with van der Waals surface area (Å²) in [6.07, 6.45) is 2.21. The smallest absolute Gasteiger partial charge is 0.120 e. The molecule has 0 radical (unpaired) electrons. The summed E-state index contributed by atoms with van der Waals surface area (Å²) < 4.78 is 0. The van der Waals surface area contributed by atoms with Crippen LogP contribution in [-0.4, -0.2) is 6.29 Å². The zero-order chi connectivity index (χ0) is 8.10. The minimum atomic E-state index is 0. The predicted octanol–water partition coefficient (Wildman–Crippen LogP) is 1.82. The second-order valence-corrected chi connectivity index (χ2v) is 2.40. The van der Waals surface area contributed by atoms with Crippen molar-refractivity contribution in [1.29, 1.82) is 0 Å². The van der Waals surface area contributed by atoms with Crippen molar-refractivity contribution in [3.63, 3.8) is 0 Å². The van der Waals surface area contributed by atoms with Crippen LogP contribution in [0.5, 0.6) is 0 Å². The number of nitrogen functional groups attached to an aromatic ring is 1. The molecule has 0 aliphatic heterocycles. The largest absolute Gasteiger partial charge is 0.399 e. The molecule has 1 aromatic carbocycles. The first-order valence-corrected chi connectivity index (χ1v) is 3.61. The third-order valence-corrected chi connectivity index (χ3v) is 1.59. The number of benzene rings is 1. The number of anilines is 1. The Hall–Kier alpha value is -1.02. The standard InChI is InChI=1S/C9H11NO.ClH/c10-9-6-2-1-4-8(9)5-3-7-11;/h1-2,4,6-7H,3,5,10H2;1H. The fourth-order valence-electron chi connectivity index (χ4n) is 0.976. The van der Waals surface area contributed by atoms with Crippen molar-refractivity contribution in [2.24, 2.45) is 0 Å². The van der Waals surface area contributed by atoms with Crippen LogP contribution in [0.1, 0.15) is 12.0 Å². The Morgan fingerprint density at radius 3 is 2.58 bits per heavy atom. The molecule has 1 aromatic rings. The van der Waals surface area contributed by atoms with Gasteiger partial charge in [0.1, 0.15) is 6.29 Å². The minimum absolute atomic E-state index is 0. The highest BCUT2D eigenvalue weighted by atomic mass is 35.5. The van der Waals surface area contributed by atoms with Gasteiger partial charge in [0.25, 0.3) is 0 Å². The SMILES string of the molecule is Cl.Nc1ccccc1CCC=O. The van der Waals surface area contributed by atoms with Gasteiger partial charge in [0.05, 0.1) is 0 Å². The second-order valence-electron chi connectivity index (χ2n) is 2.40. The summed E-state index contributed by atoms with van der Waals surface area (Å²) in [7, 11) is 0. The summed E-state index contributed by atoms with van der Waals surface area (Å²) >= 11 is 0. The van der Waals surface area contributed by atoms with E-state index in [9.17, 15) is 4.79 Å². The lowest BCUT2D eigenvalue weighted by atomic mass is 10.1. The minimum Gasteiger partial charge on any atom is -0.399 e. The van der Waals surface area contributed by atoms with Crippen molar-refractivity contribution in [2.45, 2.75) is 12.8 Å². The number of carbonyl (C=O) groups excluding carboxylic acids is 1. The number of nitrogens with two attached hydrogens (primary N) is 1. The Morgan fingerprint density at radius 1 is 1.33 bits per heavy atom. The summed E-state index contributed by atoms with van der Waals surface area (Å²) in [5.41, 5.74) is 7.47. The lowest BCUT2D eigenvalue weighted by molar-refractivity contribution is -0.107. The van der Waals surface area contributed by atoms with Crippen molar-refractivity contribution in [1.82, 2.24) is 0 Å². The first-order chi connectivity index (χ1) is 5.34. The van der Waals surface area contributed by atoms with Crippen molar-refractivity contribution in [2.75, 3.05) is 5.73 Å². The zero-order valence-electron chi connectivity index (χ0n) is 6.69. The van der Waals surface area contributed by atoms with Gasteiger partial charge in [-0.1, -0.05) is 18.2 Å². The topological polar surface area (TPSA) is 43.1 Å². The molecule has 2 nitrogen and oxygen atoms in total. The summed E-state index contributed by atoms with van der Waals surface area (Å²) in [6.45, 7) is 0. The molecule has 0 amide bonds. The molecule has 2 N–H and O–H groups in total. The van der Waals surface area contributed by atoms with Crippen molar-refractivity contribution < 1.29 is 4.79 Å². The maximum Gasteiger partial charge on any atom is 0.120 e. The van der Waals surface area contributed by atoms with Gasteiger partial charge in [0, 0.05) is 12.1 Å².